The number of nitriles is 1. The van der Waals surface area contributed by atoms with E-state index in [0.29, 0.717) is 25.7 Å². The van der Waals surface area contributed by atoms with Gasteiger partial charge in [-0.1, -0.05) is 51.0 Å². The van der Waals surface area contributed by atoms with E-state index in [-0.39, 0.29) is 0 Å². The number of fused-ring (bicyclic) bond motifs is 1. The van der Waals surface area contributed by atoms with Gasteiger partial charge in [-0.2, -0.15) is 5.26 Å². The van der Waals surface area contributed by atoms with Gasteiger partial charge in [-0.15, -0.1) is 0 Å². The monoisotopic (exact) mass is 257 g/mol. The lowest BCUT2D eigenvalue weighted by Crippen LogP contribution is -2.48. The van der Waals surface area contributed by atoms with Crippen LogP contribution in [0.5, 0.6) is 0 Å². The van der Waals surface area contributed by atoms with Crippen LogP contribution in [0.2, 0.25) is 0 Å². The molecule has 0 unspecified atom stereocenters. The highest BCUT2D eigenvalue weighted by atomic mass is 16.3. The van der Waals surface area contributed by atoms with Crippen LogP contribution >= 0.6 is 0 Å². The molecule has 0 radical (unpaired) electrons. The summed E-state index contributed by atoms with van der Waals surface area (Å²) < 4.78 is 0. The van der Waals surface area contributed by atoms with Crippen molar-refractivity contribution < 1.29 is 5.11 Å². The van der Waals surface area contributed by atoms with Gasteiger partial charge in [0.1, 0.15) is 0 Å². The van der Waals surface area contributed by atoms with Crippen LogP contribution in [0.15, 0.2) is 24.3 Å². The lowest BCUT2D eigenvalue weighted by molar-refractivity contribution is -0.0660. The second-order valence-electron chi connectivity index (χ2n) is 5.85. The second kappa shape index (κ2) is 5.35. The Morgan fingerprint density at radius 1 is 1.16 bits per heavy atom. The van der Waals surface area contributed by atoms with Gasteiger partial charge in [0.15, 0.2) is 0 Å². The molecule has 0 spiro atoms. The van der Waals surface area contributed by atoms with E-state index >= 15 is 0 Å². The molecule has 19 heavy (non-hydrogen) atoms. The van der Waals surface area contributed by atoms with E-state index in [1.807, 2.05) is 12.1 Å². The number of rotatable bonds is 5. The van der Waals surface area contributed by atoms with Crippen LogP contribution < -0.4 is 0 Å². The highest BCUT2D eigenvalue weighted by Gasteiger charge is 2.52. The standard InChI is InChI=1S/C17H23NO/c1-3-9-17(19,10-4-2)16(13-18)11-14-7-5-6-8-15(14)12-16/h5-8,19H,3-4,9-12H2,1-2H3. The molecule has 0 amide bonds. The summed E-state index contributed by atoms with van der Waals surface area (Å²) in [7, 11) is 0. The van der Waals surface area contributed by atoms with Crippen molar-refractivity contribution in [2.45, 2.75) is 58.0 Å². The van der Waals surface area contributed by atoms with Crippen LogP contribution in [-0.4, -0.2) is 10.7 Å². The average molecular weight is 257 g/mol. The number of aliphatic hydroxyl groups is 1. The molecule has 1 N–H and O–H groups in total. The summed E-state index contributed by atoms with van der Waals surface area (Å²) in [4.78, 5) is 0. The summed E-state index contributed by atoms with van der Waals surface area (Å²) in [5, 5.41) is 20.9. The molecule has 0 fully saturated rings. The zero-order chi connectivity index (χ0) is 13.9. The minimum Gasteiger partial charge on any atom is -0.388 e. The first-order valence-electron chi connectivity index (χ1n) is 7.31. The van der Waals surface area contributed by atoms with Crippen LogP contribution in [0.1, 0.15) is 50.7 Å². The third-order valence-corrected chi connectivity index (χ3v) is 4.53. The second-order valence-corrected chi connectivity index (χ2v) is 5.85. The summed E-state index contributed by atoms with van der Waals surface area (Å²) in [5.74, 6) is 0. The highest BCUT2D eigenvalue weighted by Crippen LogP contribution is 2.48. The summed E-state index contributed by atoms with van der Waals surface area (Å²) in [6, 6.07) is 10.7. The molecule has 1 aliphatic rings. The predicted molar refractivity (Wildman–Crippen MR) is 76.7 cm³/mol. The molecule has 0 bridgehead atoms. The fourth-order valence-corrected chi connectivity index (χ4v) is 3.56. The number of hydrogen-bond acceptors (Lipinski definition) is 2. The van der Waals surface area contributed by atoms with Gasteiger partial charge in [-0.05, 0) is 36.8 Å². The lowest BCUT2D eigenvalue weighted by Gasteiger charge is -2.40. The molecule has 0 saturated heterocycles. The maximum absolute atomic E-state index is 11.1. The van der Waals surface area contributed by atoms with Crippen molar-refractivity contribution in [3.8, 4) is 6.07 Å². The van der Waals surface area contributed by atoms with Crippen molar-refractivity contribution in [3.05, 3.63) is 35.4 Å². The van der Waals surface area contributed by atoms with E-state index in [0.717, 1.165) is 12.8 Å². The van der Waals surface area contributed by atoms with Gasteiger partial charge < -0.3 is 5.11 Å². The van der Waals surface area contributed by atoms with Crippen molar-refractivity contribution in [2.75, 3.05) is 0 Å². The van der Waals surface area contributed by atoms with Gasteiger partial charge in [-0.25, -0.2) is 0 Å². The van der Waals surface area contributed by atoms with Gasteiger partial charge in [0.25, 0.3) is 0 Å². The van der Waals surface area contributed by atoms with Crippen LogP contribution in [-0.2, 0) is 12.8 Å². The molecule has 1 aromatic carbocycles. The molecule has 2 nitrogen and oxygen atoms in total. The maximum atomic E-state index is 11.1. The van der Waals surface area contributed by atoms with Crippen LogP contribution in [0.4, 0.5) is 0 Å². The van der Waals surface area contributed by atoms with E-state index in [2.05, 4.69) is 32.0 Å². The van der Waals surface area contributed by atoms with E-state index < -0.39 is 11.0 Å². The number of benzene rings is 1. The fraction of sp³-hybridized carbons (Fsp3) is 0.588. The average Bonchev–Trinajstić information content (AvgIpc) is 2.79. The molecule has 0 aliphatic heterocycles. The summed E-state index contributed by atoms with van der Waals surface area (Å²) in [5.41, 5.74) is 0.969. The normalized spacial score (nSPS) is 16.9. The fourth-order valence-electron chi connectivity index (χ4n) is 3.56. The zero-order valence-electron chi connectivity index (χ0n) is 11.9. The topological polar surface area (TPSA) is 44.0 Å². The van der Waals surface area contributed by atoms with Gasteiger partial charge in [0.2, 0.25) is 0 Å². The molecule has 0 heterocycles. The van der Waals surface area contributed by atoms with Gasteiger partial charge >= 0.3 is 0 Å². The smallest absolute Gasteiger partial charge is 0.0940 e. The first kappa shape index (κ1) is 14.1. The Labute approximate surface area is 116 Å². The van der Waals surface area contributed by atoms with E-state index in [1.54, 1.807) is 0 Å². The Hall–Kier alpha value is -1.33. The van der Waals surface area contributed by atoms with Gasteiger partial charge in [-0.3, -0.25) is 0 Å². The van der Waals surface area contributed by atoms with Crippen molar-refractivity contribution in [1.29, 1.82) is 5.26 Å². The Morgan fingerprint density at radius 2 is 1.63 bits per heavy atom. The minimum absolute atomic E-state index is 0.636. The Kier molecular flexibility index (Phi) is 3.96. The Balaban J connectivity index is 2.38. The first-order chi connectivity index (χ1) is 9.11. The van der Waals surface area contributed by atoms with Gasteiger partial charge in [0, 0.05) is 0 Å². The molecular weight excluding hydrogens is 234 g/mol. The van der Waals surface area contributed by atoms with Crippen molar-refractivity contribution in [3.63, 3.8) is 0 Å². The van der Waals surface area contributed by atoms with Gasteiger partial charge in [0.05, 0.1) is 17.1 Å². The summed E-state index contributed by atoms with van der Waals surface area (Å²) in [6.07, 6.45) is 4.63. The lowest BCUT2D eigenvalue weighted by atomic mass is 9.66. The minimum atomic E-state index is -0.857. The van der Waals surface area contributed by atoms with Crippen LogP contribution in [0, 0.1) is 16.7 Å². The third kappa shape index (κ3) is 2.28. The van der Waals surface area contributed by atoms with E-state index in [4.69, 9.17) is 0 Å². The largest absolute Gasteiger partial charge is 0.388 e. The number of nitrogens with zero attached hydrogens (tertiary/aromatic N) is 1. The highest BCUT2D eigenvalue weighted by molar-refractivity contribution is 5.39. The summed E-state index contributed by atoms with van der Waals surface area (Å²) >= 11 is 0. The van der Waals surface area contributed by atoms with Crippen LogP contribution in [0.3, 0.4) is 0 Å². The number of hydrogen-bond donors (Lipinski definition) is 1. The third-order valence-electron chi connectivity index (χ3n) is 4.53. The zero-order valence-corrected chi connectivity index (χ0v) is 11.9. The van der Waals surface area contributed by atoms with E-state index in [9.17, 15) is 10.4 Å². The first-order valence-corrected chi connectivity index (χ1v) is 7.31. The molecular formula is C17H23NO. The predicted octanol–water partition coefficient (Wildman–Crippen LogP) is 3.63. The molecule has 2 heteroatoms. The molecule has 1 aromatic rings. The van der Waals surface area contributed by atoms with E-state index in [1.165, 1.54) is 11.1 Å². The quantitative estimate of drug-likeness (QED) is 0.875. The Bertz CT molecular complexity index is 455. The molecule has 0 saturated carbocycles. The SMILES string of the molecule is CCCC(O)(CCC)C1(C#N)Cc2ccccc2C1. The summed E-state index contributed by atoms with van der Waals surface area (Å²) in [6.45, 7) is 4.15. The Morgan fingerprint density at radius 3 is 2.00 bits per heavy atom. The molecule has 1 aliphatic carbocycles. The van der Waals surface area contributed by atoms with Crippen molar-refractivity contribution >= 4 is 0 Å². The van der Waals surface area contributed by atoms with Crippen molar-refractivity contribution in [2.24, 2.45) is 5.41 Å². The molecule has 0 atom stereocenters. The maximum Gasteiger partial charge on any atom is 0.0940 e. The molecule has 2 rings (SSSR count). The molecule has 0 aromatic heterocycles. The molecule has 102 valence electrons. The van der Waals surface area contributed by atoms with Crippen molar-refractivity contribution in [1.82, 2.24) is 0 Å². The van der Waals surface area contributed by atoms with Crippen LogP contribution in [0.25, 0.3) is 0 Å².